The Hall–Kier alpha value is -0.290. The van der Waals surface area contributed by atoms with Gasteiger partial charge in [-0.1, -0.05) is 19.3 Å². The molecule has 0 aromatic rings. The van der Waals surface area contributed by atoms with Crippen molar-refractivity contribution in [2.24, 2.45) is 5.92 Å². The minimum atomic E-state index is -4.05. The van der Waals surface area contributed by atoms with Crippen molar-refractivity contribution in [3.05, 3.63) is 0 Å². The van der Waals surface area contributed by atoms with Crippen molar-refractivity contribution in [3.63, 3.8) is 0 Å². The first-order valence-corrected chi connectivity index (χ1v) is 7.24. The van der Waals surface area contributed by atoms with Gasteiger partial charge in [0.25, 0.3) is 0 Å². The first-order valence-electron chi connectivity index (χ1n) is 7.24. The van der Waals surface area contributed by atoms with Gasteiger partial charge in [0.15, 0.2) is 0 Å². The molecule has 0 radical (unpaired) electrons. The largest absolute Gasteiger partial charge is 0.389 e. The van der Waals surface area contributed by atoms with Crippen LogP contribution in [0.15, 0.2) is 0 Å². The summed E-state index contributed by atoms with van der Waals surface area (Å²) >= 11 is 0. The lowest BCUT2D eigenvalue weighted by molar-refractivity contribution is -0.136. The Morgan fingerprint density at radius 3 is 2.32 bits per heavy atom. The lowest BCUT2D eigenvalue weighted by atomic mass is 9.81. The van der Waals surface area contributed by atoms with Crippen molar-refractivity contribution >= 4 is 0 Å². The van der Waals surface area contributed by atoms with Crippen molar-refractivity contribution in [1.29, 1.82) is 0 Å². The highest BCUT2D eigenvalue weighted by Gasteiger charge is 2.31. The Bertz CT molecular complexity index is 239. The second-order valence-corrected chi connectivity index (χ2v) is 5.50. The Kier molecular flexibility index (Phi) is 7.15. The summed E-state index contributed by atoms with van der Waals surface area (Å²) in [4.78, 5) is 0. The first-order chi connectivity index (χ1) is 8.98. The monoisotopic (exact) mass is 281 g/mol. The maximum Gasteiger partial charge on any atom is 0.389 e. The van der Waals surface area contributed by atoms with Crippen LogP contribution in [0.1, 0.15) is 51.4 Å². The fourth-order valence-electron chi connectivity index (χ4n) is 3.14. The topological polar surface area (TPSA) is 21.3 Å². The van der Waals surface area contributed by atoms with Gasteiger partial charge in [-0.05, 0) is 38.6 Å². The molecule has 0 aromatic heterocycles. The molecule has 1 rings (SSSR count). The van der Waals surface area contributed by atoms with E-state index in [1.54, 1.807) is 7.11 Å². The summed E-state index contributed by atoms with van der Waals surface area (Å²) < 4.78 is 42.2. The van der Waals surface area contributed by atoms with Crippen molar-refractivity contribution in [2.75, 3.05) is 14.2 Å². The Morgan fingerprint density at radius 1 is 1.21 bits per heavy atom. The Labute approximate surface area is 114 Å². The summed E-state index contributed by atoms with van der Waals surface area (Å²) in [6.45, 7) is 0. The number of nitrogens with one attached hydrogen (secondary N) is 1. The number of alkyl halides is 3. The summed E-state index contributed by atoms with van der Waals surface area (Å²) in [5, 5.41) is 3.14. The zero-order chi connectivity index (χ0) is 14.3. The minimum Gasteiger partial charge on any atom is -0.380 e. The van der Waals surface area contributed by atoms with E-state index in [4.69, 9.17) is 4.74 Å². The predicted molar refractivity (Wildman–Crippen MR) is 70.1 cm³/mol. The smallest absolute Gasteiger partial charge is 0.380 e. The van der Waals surface area contributed by atoms with Crippen LogP contribution in [-0.4, -0.2) is 32.5 Å². The van der Waals surface area contributed by atoms with Gasteiger partial charge in [0.1, 0.15) is 0 Å². The Morgan fingerprint density at radius 2 is 1.84 bits per heavy atom. The highest BCUT2D eigenvalue weighted by atomic mass is 19.4. The zero-order valence-electron chi connectivity index (χ0n) is 11.9. The van der Waals surface area contributed by atoms with Gasteiger partial charge in [-0.3, -0.25) is 0 Å². The van der Waals surface area contributed by atoms with Crippen LogP contribution in [0.5, 0.6) is 0 Å². The van der Waals surface area contributed by atoms with E-state index in [2.05, 4.69) is 5.32 Å². The third kappa shape index (κ3) is 6.13. The fourth-order valence-corrected chi connectivity index (χ4v) is 3.14. The maximum absolute atomic E-state index is 12.2. The normalized spacial score (nSPS) is 21.3. The van der Waals surface area contributed by atoms with E-state index in [-0.39, 0.29) is 18.6 Å². The van der Waals surface area contributed by atoms with E-state index in [0.29, 0.717) is 12.3 Å². The van der Waals surface area contributed by atoms with Gasteiger partial charge in [0.05, 0.1) is 6.10 Å². The molecule has 114 valence electrons. The molecule has 1 aliphatic rings. The number of hydrogen-bond acceptors (Lipinski definition) is 2. The van der Waals surface area contributed by atoms with Gasteiger partial charge in [0, 0.05) is 19.6 Å². The van der Waals surface area contributed by atoms with E-state index < -0.39 is 12.6 Å². The molecule has 1 saturated carbocycles. The predicted octanol–water partition coefficient (Wildman–Crippen LogP) is 3.90. The number of likely N-dealkylation sites (N-methyl/N-ethyl adjacent to an activating group) is 1. The Balaban J connectivity index is 2.45. The maximum atomic E-state index is 12.2. The zero-order valence-corrected chi connectivity index (χ0v) is 11.9. The highest BCUT2D eigenvalue weighted by Crippen LogP contribution is 2.31. The molecule has 0 amide bonds. The molecule has 19 heavy (non-hydrogen) atoms. The fraction of sp³-hybridized carbons (Fsp3) is 1.00. The molecule has 1 N–H and O–H groups in total. The number of hydrogen-bond donors (Lipinski definition) is 1. The molecule has 0 spiro atoms. The van der Waals surface area contributed by atoms with Gasteiger partial charge in [-0.15, -0.1) is 0 Å². The van der Waals surface area contributed by atoms with Gasteiger partial charge in [-0.2, -0.15) is 13.2 Å². The quantitative estimate of drug-likeness (QED) is 0.764. The molecule has 0 aromatic carbocycles. The molecule has 1 fully saturated rings. The van der Waals surface area contributed by atoms with Crippen LogP contribution in [-0.2, 0) is 4.74 Å². The van der Waals surface area contributed by atoms with Crippen molar-refractivity contribution in [2.45, 2.75) is 69.7 Å². The van der Waals surface area contributed by atoms with Gasteiger partial charge in [0.2, 0.25) is 0 Å². The second-order valence-electron chi connectivity index (χ2n) is 5.50. The average molecular weight is 281 g/mol. The summed E-state index contributed by atoms with van der Waals surface area (Å²) in [6.07, 6.45) is 1.94. The number of rotatable bonds is 7. The van der Waals surface area contributed by atoms with Crippen LogP contribution in [0.2, 0.25) is 0 Å². The molecule has 2 atom stereocenters. The summed E-state index contributed by atoms with van der Waals surface area (Å²) in [6, 6.07) is 0.0236. The average Bonchev–Trinajstić information content (AvgIpc) is 2.37. The molecule has 1 aliphatic carbocycles. The standard InChI is InChI=1S/C14H26F3NO/c1-18-12(9-6-10-14(15,16)17)13(19-2)11-7-4-3-5-8-11/h11-13,18H,3-10H2,1-2H3. The van der Waals surface area contributed by atoms with Gasteiger partial charge >= 0.3 is 6.18 Å². The number of methoxy groups -OCH3 is 1. The van der Waals surface area contributed by atoms with Crippen molar-refractivity contribution in [1.82, 2.24) is 5.32 Å². The van der Waals surface area contributed by atoms with Crippen LogP contribution in [0.25, 0.3) is 0 Å². The van der Waals surface area contributed by atoms with Crippen molar-refractivity contribution < 1.29 is 17.9 Å². The van der Waals surface area contributed by atoms with Gasteiger partial charge < -0.3 is 10.1 Å². The number of ether oxygens (including phenoxy) is 1. The molecule has 2 unspecified atom stereocenters. The van der Waals surface area contributed by atoms with Crippen LogP contribution in [0.3, 0.4) is 0 Å². The van der Waals surface area contributed by atoms with Gasteiger partial charge in [-0.25, -0.2) is 0 Å². The first kappa shape index (κ1) is 16.8. The second kappa shape index (κ2) is 8.10. The third-order valence-corrected chi connectivity index (χ3v) is 4.13. The molecule has 2 nitrogen and oxygen atoms in total. The van der Waals surface area contributed by atoms with Crippen LogP contribution in [0.4, 0.5) is 13.2 Å². The lowest BCUT2D eigenvalue weighted by Crippen LogP contribution is -2.44. The molecule has 0 heterocycles. The van der Waals surface area contributed by atoms with E-state index >= 15 is 0 Å². The molecule has 5 heteroatoms. The minimum absolute atomic E-state index is 0.0236. The summed E-state index contributed by atoms with van der Waals surface area (Å²) in [7, 11) is 3.49. The summed E-state index contributed by atoms with van der Waals surface area (Å²) in [5.74, 6) is 0.488. The SMILES string of the molecule is CNC(CCCC(F)(F)F)C(OC)C1CCCCC1. The van der Waals surface area contributed by atoms with E-state index in [0.717, 1.165) is 12.8 Å². The third-order valence-electron chi connectivity index (χ3n) is 4.13. The van der Waals surface area contributed by atoms with E-state index in [1.807, 2.05) is 7.05 Å². The molecular weight excluding hydrogens is 255 g/mol. The molecule has 0 bridgehead atoms. The lowest BCUT2D eigenvalue weighted by Gasteiger charge is -2.35. The highest BCUT2D eigenvalue weighted by molar-refractivity contribution is 4.84. The molecule has 0 aliphatic heterocycles. The van der Waals surface area contributed by atoms with E-state index in [9.17, 15) is 13.2 Å². The summed E-state index contributed by atoms with van der Waals surface area (Å²) in [5.41, 5.74) is 0. The van der Waals surface area contributed by atoms with Crippen LogP contribution < -0.4 is 5.32 Å². The number of halogens is 3. The molecule has 0 saturated heterocycles. The van der Waals surface area contributed by atoms with Crippen LogP contribution >= 0.6 is 0 Å². The van der Waals surface area contributed by atoms with Crippen molar-refractivity contribution in [3.8, 4) is 0 Å². The van der Waals surface area contributed by atoms with Crippen LogP contribution in [0, 0.1) is 5.92 Å². The van der Waals surface area contributed by atoms with E-state index in [1.165, 1.54) is 19.3 Å². The molecular formula is C14H26F3NO.